The molecule has 0 unspecified atom stereocenters. The molecule has 1 aliphatic rings. The second-order valence-electron chi connectivity index (χ2n) is 4.96. The van der Waals surface area contributed by atoms with Gasteiger partial charge >= 0.3 is 0 Å². The second kappa shape index (κ2) is 6.51. The number of carbonyl (C=O) groups excluding carboxylic acids is 1. The first-order valence-electron chi connectivity index (χ1n) is 7.01. The number of rotatable bonds is 4. The fourth-order valence-electron chi connectivity index (χ4n) is 2.32. The van der Waals surface area contributed by atoms with Crippen LogP contribution >= 0.6 is 0 Å². The Bertz CT molecular complexity index is 490. The molecule has 20 heavy (non-hydrogen) atoms. The summed E-state index contributed by atoms with van der Waals surface area (Å²) in [6.07, 6.45) is 2.67. The van der Waals surface area contributed by atoms with Crippen molar-refractivity contribution >= 4 is 17.5 Å². The van der Waals surface area contributed by atoms with Crippen molar-refractivity contribution in [2.45, 2.75) is 33.1 Å². The van der Waals surface area contributed by atoms with Crippen molar-refractivity contribution in [2.24, 2.45) is 5.84 Å². The van der Waals surface area contributed by atoms with E-state index < -0.39 is 0 Å². The summed E-state index contributed by atoms with van der Waals surface area (Å²) in [5.74, 6) is 7.74. The van der Waals surface area contributed by atoms with Crippen LogP contribution in [0, 0.1) is 6.92 Å². The Morgan fingerprint density at radius 3 is 2.95 bits per heavy atom. The topological polar surface area (TPSA) is 96.2 Å². The maximum absolute atomic E-state index is 11.7. The lowest BCUT2D eigenvalue weighted by atomic mass is 10.2. The summed E-state index contributed by atoms with van der Waals surface area (Å²) < 4.78 is 0. The highest BCUT2D eigenvalue weighted by molar-refractivity contribution is 5.82. The van der Waals surface area contributed by atoms with Crippen LogP contribution in [-0.2, 0) is 11.2 Å². The van der Waals surface area contributed by atoms with Gasteiger partial charge in [0.15, 0.2) is 0 Å². The molecule has 0 spiro atoms. The van der Waals surface area contributed by atoms with Crippen LogP contribution in [0.5, 0.6) is 0 Å². The zero-order valence-corrected chi connectivity index (χ0v) is 12.1. The fraction of sp³-hybridized carbons (Fsp3) is 0.615. The molecule has 0 bridgehead atoms. The maximum Gasteiger partial charge on any atom is 0.239 e. The van der Waals surface area contributed by atoms with E-state index >= 15 is 0 Å². The molecule has 2 rings (SSSR count). The molecule has 1 saturated heterocycles. The minimum atomic E-state index is 0.0276. The van der Waals surface area contributed by atoms with Crippen molar-refractivity contribution in [3.63, 3.8) is 0 Å². The molecule has 1 amide bonds. The minimum Gasteiger partial charge on any atom is -0.354 e. The van der Waals surface area contributed by atoms with Gasteiger partial charge in [-0.05, 0) is 19.8 Å². The predicted molar refractivity (Wildman–Crippen MR) is 78.4 cm³/mol. The summed E-state index contributed by atoms with van der Waals surface area (Å²) in [6, 6.07) is 0. The number of amides is 1. The van der Waals surface area contributed by atoms with E-state index in [0.717, 1.165) is 43.0 Å². The van der Waals surface area contributed by atoms with Gasteiger partial charge in [-0.1, -0.05) is 6.92 Å². The Balaban J connectivity index is 2.37. The van der Waals surface area contributed by atoms with E-state index in [-0.39, 0.29) is 5.91 Å². The minimum absolute atomic E-state index is 0.0276. The molecule has 1 aromatic heterocycles. The van der Waals surface area contributed by atoms with Gasteiger partial charge in [0.1, 0.15) is 17.5 Å². The Kier molecular flexibility index (Phi) is 4.73. The van der Waals surface area contributed by atoms with Gasteiger partial charge in [0, 0.05) is 25.1 Å². The number of hydrogen-bond donors (Lipinski definition) is 3. The van der Waals surface area contributed by atoms with Gasteiger partial charge in [0.05, 0.1) is 6.54 Å². The van der Waals surface area contributed by atoms with E-state index in [9.17, 15) is 4.79 Å². The number of carbonyl (C=O) groups is 1. The van der Waals surface area contributed by atoms with Gasteiger partial charge in [0.2, 0.25) is 5.91 Å². The number of aryl methyl sites for hydroxylation is 1. The van der Waals surface area contributed by atoms with Crippen molar-refractivity contribution in [1.29, 1.82) is 0 Å². The third-order valence-electron chi connectivity index (χ3n) is 3.34. The van der Waals surface area contributed by atoms with Crippen LogP contribution < -0.4 is 21.5 Å². The second-order valence-corrected chi connectivity index (χ2v) is 4.96. The zero-order valence-electron chi connectivity index (χ0n) is 12.1. The molecule has 0 radical (unpaired) electrons. The summed E-state index contributed by atoms with van der Waals surface area (Å²) in [6.45, 7) is 5.84. The Morgan fingerprint density at radius 1 is 1.45 bits per heavy atom. The van der Waals surface area contributed by atoms with Crippen molar-refractivity contribution < 1.29 is 4.79 Å². The summed E-state index contributed by atoms with van der Waals surface area (Å²) in [5, 5.41) is 2.87. The third-order valence-corrected chi connectivity index (χ3v) is 3.34. The molecule has 0 aliphatic carbocycles. The van der Waals surface area contributed by atoms with Gasteiger partial charge in [-0.25, -0.2) is 15.8 Å². The van der Waals surface area contributed by atoms with Crippen molar-refractivity contribution in [3.05, 3.63) is 11.4 Å². The van der Waals surface area contributed by atoms with E-state index in [4.69, 9.17) is 5.84 Å². The van der Waals surface area contributed by atoms with E-state index in [2.05, 4.69) is 27.6 Å². The maximum atomic E-state index is 11.7. The SMILES string of the molecule is CCCc1nc(NN)c(C)c(N2CCCNC(=O)C2)n1. The number of aromatic nitrogens is 2. The van der Waals surface area contributed by atoms with Gasteiger partial charge in [0.25, 0.3) is 0 Å². The van der Waals surface area contributed by atoms with Crippen LogP contribution in [0.2, 0.25) is 0 Å². The molecule has 0 atom stereocenters. The lowest BCUT2D eigenvalue weighted by Gasteiger charge is -2.23. The number of nitrogens with zero attached hydrogens (tertiary/aromatic N) is 3. The smallest absolute Gasteiger partial charge is 0.239 e. The normalized spacial score (nSPS) is 15.8. The van der Waals surface area contributed by atoms with Crippen LogP contribution in [0.25, 0.3) is 0 Å². The summed E-state index contributed by atoms with van der Waals surface area (Å²) in [5.41, 5.74) is 3.50. The van der Waals surface area contributed by atoms with Crippen LogP contribution in [0.4, 0.5) is 11.6 Å². The van der Waals surface area contributed by atoms with Crippen LogP contribution in [0.15, 0.2) is 0 Å². The first-order chi connectivity index (χ1) is 9.65. The predicted octanol–water partition coefficient (Wildman–Crippen LogP) is 0.349. The summed E-state index contributed by atoms with van der Waals surface area (Å²) >= 11 is 0. The Hall–Kier alpha value is -1.89. The van der Waals surface area contributed by atoms with Crippen molar-refractivity contribution in [2.75, 3.05) is 30.0 Å². The van der Waals surface area contributed by atoms with Crippen LogP contribution in [0.1, 0.15) is 31.2 Å². The molecule has 1 fully saturated rings. The van der Waals surface area contributed by atoms with E-state index in [1.807, 2.05) is 11.8 Å². The van der Waals surface area contributed by atoms with Crippen LogP contribution in [-0.4, -0.2) is 35.5 Å². The molecule has 2 heterocycles. The summed E-state index contributed by atoms with van der Waals surface area (Å²) in [4.78, 5) is 22.7. The average Bonchev–Trinajstić information content (AvgIpc) is 2.65. The van der Waals surface area contributed by atoms with E-state index in [1.165, 1.54) is 0 Å². The number of nitrogens with two attached hydrogens (primary N) is 1. The highest BCUT2D eigenvalue weighted by Crippen LogP contribution is 2.24. The van der Waals surface area contributed by atoms with Crippen molar-refractivity contribution in [1.82, 2.24) is 15.3 Å². The van der Waals surface area contributed by atoms with Gasteiger partial charge < -0.3 is 15.6 Å². The lowest BCUT2D eigenvalue weighted by molar-refractivity contribution is -0.119. The average molecular weight is 278 g/mol. The molecule has 1 aliphatic heterocycles. The molecule has 110 valence electrons. The fourth-order valence-corrected chi connectivity index (χ4v) is 2.32. The standard InChI is InChI=1S/C13H22N6O/c1-3-5-10-16-12(18-14)9(2)13(17-10)19-7-4-6-15-11(20)8-19/h3-8,14H2,1-2H3,(H,15,20)(H,16,17,18). The number of anilines is 2. The third kappa shape index (κ3) is 3.16. The van der Waals surface area contributed by atoms with E-state index in [0.29, 0.717) is 18.9 Å². The molecular formula is C13H22N6O. The van der Waals surface area contributed by atoms with Crippen molar-refractivity contribution in [3.8, 4) is 0 Å². The number of hydrogen-bond acceptors (Lipinski definition) is 6. The molecule has 0 saturated carbocycles. The highest BCUT2D eigenvalue weighted by Gasteiger charge is 2.20. The molecule has 4 N–H and O–H groups in total. The highest BCUT2D eigenvalue weighted by atomic mass is 16.2. The Morgan fingerprint density at radius 2 is 2.25 bits per heavy atom. The number of hydrazine groups is 1. The first kappa shape index (κ1) is 14.5. The molecule has 7 heteroatoms. The van der Waals surface area contributed by atoms with Gasteiger partial charge in [-0.15, -0.1) is 0 Å². The quantitative estimate of drug-likeness (QED) is 0.543. The summed E-state index contributed by atoms with van der Waals surface area (Å²) in [7, 11) is 0. The first-order valence-corrected chi connectivity index (χ1v) is 7.01. The molecule has 0 aromatic carbocycles. The molecule has 1 aromatic rings. The zero-order chi connectivity index (χ0) is 14.5. The van der Waals surface area contributed by atoms with Gasteiger partial charge in [-0.2, -0.15) is 0 Å². The molecule has 7 nitrogen and oxygen atoms in total. The van der Waals surface area contributed by atoms with E-state index in [1.54, 1.807) is 0 Å². The number of nitrogen functional groups attached to an aromatic ring is 1. The lowest BCUT2D eigenvalue weighted by Crippen LogP contribution is -2.34. The molecular weight excluding hydrogens is 256 g/mol. The number of nitrogens with one attached hydrogen (secondary N) is 2. The largest absolute Gasteiger partial charge is 0.354 e. The van der Waals surface area contributed by atoms with Gasteiger partial charge in [-0.3, -0.25) is 4.79 Å². The monoisotopic (exact) mass is 278 g/mol. The Labute approximate surface area is 118 Å². The van der Waals surface area contributed by atoms with Crippen LogP contribution in [0.3, 0.4) is 0 Å².